The van der Waals surface area contributed by atoms with E-state index in [2.05, 4.69) is 35.5 Å². The number of pyridine rings is 1. The lowest BCUT2D eigenvalue weighted by molar-refractivity contribution is 0.414. The number of rotatable bonds is 12. The molecule has 16 nitrogen and oxygen atoms in total. The molecule has 0 bridgehead atoms. The van der Waals surface area contributed by atoms with Gasteiger partial charge in [-0.15, -0.1) is 15.3 Å². The summed E-state index contributed by atoms with van der Waals surface area (Å²) in [6.07, 6.45) is 1.62. The molecule has 50 heavy (non-hydrogen) atoms. The highest BCUT2D eigenvalue weighted by molar-refractivity contribution is 7.94. The maximum Gasteiger partial charge on any atom is 0.242 e. The summed E-state index contributed by atoms with van der Waals surface area (Å²) in [7, 11) is -5.63. The minimum Gasteiger partial charge on any atom is -0.497 e. The zero-order valence-corrected chi connectivity index (χ0v) is 28.5. The molecule has 18 heteroatoms. The summed E-state index contributed by atoms with van der Waals surface area (Å²) in [6.45, 7) is 0.417. The first-order valence-electron chi connectivity index (χ1n) is 15.3. The van der Waals surface area contributed by atoms with Crippen molar-refractivity contribution < 1.29 is 26.3 Å². The van der Waals surface area contributed by atoms with Crippen molar-refractivity contribution in [2.75, 3.05) is 33.0 Å². The number of sulfone groups is 1. The van der Waals surface area contributed by atoms with E-state index in [1.54, 1.807) is 67.9 Å². The Hall–Kier alpha value is -5.43. The van der Waals surface area contributed by atoms with Gasteiger partial charge in [0.15, 0.2) is 15.5 Å². The average Bonchev–Trinajstić information content (AvgIpc) is 3.71. The summed E-state index contributed by atoms with van der Waals surface area (Å²) < 4.78 is 71.7. The van der Waals surface area contributed by atoms with Gasteiger partial charge in [0.1, 0.15) is 16.4 Å². The third-order valence-corrected chi connectivity index (χ3v) is 12.1. The number of hydrogen-bond acceptors (Lipinski definition) is 13. The van der Waals surface area contributed by atoms with Crippen LogP contribution in [-0.4, -0.2) is 84.2 Å². The Bertz CT molecular complexity index is 2410. The molecule has 7 rings (SSSR count). The number of ether oxygens (including phenoxy) is 2. The van der Waals surface area contributed by atoms with Crippen molar-refractivity contribution in [3.8, 4) is 34.0 Å². The summed E-state index contributed by atoms with van der Waals surface area (Å²) in [6, 6.07) is 20.3. The fourth-order valence-electron chi connectivity index (χ4n) is 5.54. The number of sulfonamides is 1. The predicted octanol–water partition coefficient (Wildman–Crippen LogP) is 1.92. The van der Waals surface area contributed by atoms with E-state index in [1.165, 1.54) is 22.5 Å². The molecule has 258 valence electrons. The number of tetrazole rings is 1. The van der Waals surface area contributed by atoms with Crippen molar-refractivity contribution in [3.63, 3.8) is 0 Å². The lowest BCUT2D eigenvalue weighted by Gasteiger charge is -2.28. The van der Waals surface area contributed by atoms with E-state index in [0.29, 0.717) is 33.8 Å². The van der Waals surface area contributed by atoms with Gasteiger partial charge in [-0.2, -0.15) is 9.78 Å². The van der Waals surface area contributed by atoms with E-state index in [9.17, 15) is 16.8 Å². The van der Waals surface area contributed by atoms with Crippen molar-refractivity contribution in [2.45, 2.75) is 28.1 Å². The van der Waals surface area contributed by atoms with Crippen molar-refractivity contribution in [3.05, 3.63) is 90.1 Å². The first-order chi connectivity index (χ1) is 24.1. The fourth-order valence-corrected chi connectivity index (χ4v) is 9.17. The van der Waals surface area contributed by atoms with Gasteiger partial charge in [-0.05, 0) is 64.4 Å². The third kappa shape index (κ3) is 6.36. The first-order valence-corrected chi connectivity index (χ1v) is 18.4. The number of nitrogens with zero attached hydrogens (tertiary/aromatic N) is 7. The number of nitrogens with two attached hydrogens (primary N) is 1. The van der Waals surface area contributed by atoms with Crippen molar-refractivity contribution in [2.24, 2.45) is 0 Å². The van der Waals surface area contributed by atoms with E-state index in [-0.39, 0.29) is 48.4 Å². The van der Waals surface area contributed by atoms with Crippen molar-refractivity contribution in [1.29, 1.82) is 0 Å². The van der Waals surface area contributed by atoms with E-state index >= 15 is 0 Å². The molecule has 3 aromatic carbocycles. The topological polar surface area (TPSA) is 211 Å². The molecule has 1 aliphatic heterocycles. The van der Waals surface area contributed by atoms with Gasteiger partial charge in [-0.3, -0.25) is 0 Å². The van der Waals surface area contributed by atoms with Crippen LogP contribution in [0.1, 0.15) is 11.1 Å². The van der Waals surface area contributed by atoms with Gasteiger partial charge in [0.05, 0.1) is 36.5 Å². The molecular weight excluding hydrogens is 685 g/mol. The van der Waals surface area contributed by atoms with E-state index in [4.69, 9.17) is 15.2 Å². The summed E-state index contributed by atoms with van der Waals surface area (Å²) in [5.74, 6) is 1.23. The SMILES string of the molecule is COc1ccc(CNS(=O)(=O)c2c(S(=O)(=O)C3CNC3)ccc(-c3ccc4nc(N)nn4c3)c2-c2nnn(Cc3ccc(OC)cc3)n2)cc1. The Labute approximate surface area is 287 Å². The molecular formula is C32H32N10O6S2. The van der Waals surface area contributed by atoms with Crippen molar-refractivity contribution in [1.82, 2.24) is 44.8 Å². The maximum absolute atomic E-state index is 14.5. The Morgan fingerprint density at radius 3 is 2.20 bits per heavy atom. The standard InChI is InChI=1S/C32H32N10O6S2/c1-47-23-8-3-20(4-9-23)15-35-50(45,46)30-27(49(43,44)25-16-34-17-25)13-12-26(22-7-14-28-36-32(33)39-41(28)19-22)29(30)31-37-40-42(38-31)18-21-5-10-24(48-2)11-6-21/h3-14,19,25,34-35H,15-18H2,1-2H3,(H2,33,39). The van der Waals surface area contributed by atoms with Crippen LogP contribution in [0, 0.1) is 0 Å². The molecule has 1 aliphatic rings. The van der Waals surface area contributed by atoms with Crippen LogP contribution < -0.4 is 25.2 Å². The van der Waals surface area contributed by atoms with Gasteiger partial charge in [0.25, 0.3) is 0 Å². The Kier molecular flexibility index (Phi) is 8.68. The molecule has 6 aromatic rings. The van der Waals surface area contributed by atoms with Crippen LogP contribution in [0.3, 0.4) is 0 Å². The smallest absolute Gasteiger partial charge is 0.242 e. The Morgan fingerprint density at radius 2 is 1.56 bits per heavy atom. The minimum atomic E-state index is -4.58. The number of methoxy groups -OCH3 is 2. The highest BCUT2D eigenvalue weighted by atomic mass is 32.2. The molecule has 3 aromatic heterocycles. The zero-order valence-electron chi connectivity index (χ0n) is 26.9. The number of benzene rings is 3. The van der Waals surface area contributed by atoms with Gasteiger partial charge >= 0.3 is 0 Å². The lowest BCUT2D eigenvalue weighted by Crippen LogP contribution is -2.51. The Morgan fingerprint density at radius 1 is 0.880 bits per heavy atom. The third-order valence-electron chi connectivity index (χ3n) is 8.32. The molecule has 0 spiro atoms. The quantitative estimate of drug-likeness (QED) is 0.166. The van der Waals surface area contributed by atoms with E-state index in [0.717, 1.165) is 5.56 Å². The van der Waals surface area contributed by atoms with Crippen LogP contribution in [0.25, 0.3) is 28.2 Å². The van der Waals surface area contributed by atoms with Crippen LogP contribution in [0.15, 0.2) is 88.8 Å². The normalized spacial score (nSPS) is 13.7. The van der Waals surface area contributed by atoms with E-state index in [1.807, 2.05) is 12.1 Å². The maximum atomic E-state index is 14.5. The summed E-state index contributed by atoms with van der Waals surface area (Å²) >= 11 is 0. The number of nitrogens with one attached hydrogen (secondary N) is 2. The van der Waals surface area contributed by atoms with Gasteiger partial charge in [0, 0.05) is 31.4 Å². The summed E-state index contributed by atoms with van der Waals surface area (Å²) in [5.41, 5.74) is 8.49. The molecule has 0 saturated carbocycles. The number of anilines is 1. The molecule has 0 atom stereocenters. The molecule has 0 amide bonds. The highest BCUT2D eigenvalue weighted by Gasteiger charge is 2.39. The van der Waals surface area contributed by atoms with Crippen LogP contribution in [0.5, 0.6) is 11.5 Å². The first kappa shape index (κ1) is 33.1. The van der Waals surface area contributed by atoms with Gasteiger partial charge < -0.3 is 20.5 Å². The number of nitrogen functional groups attached to an aromatic ring is 1. The number of fused-ring (bicyclic) bond motifs is 1. The fraction of sp³-hybridized carbons (Fsp3) is 0.219. The molecule has 0 radical (unpaired) electrons. The van der Waals surface area contributed by atoms with Gasteiger partial charge in [-0.1, -0.05) is 30.3 Å². The second-order valence-electron chi connectivity index (χ2n) is 11.5. The zero-order chi connectivity index (χ0) is 35.0. The predicted molar refractivity (Wildman–Crippen MR) is 183 cm³/mol. The van der Waals surface area contributed by atoms with Crippen molar-refractivity contribution >= 4 is 31.5 Å². The lowest BCUT2D eigenvalue weighted by atomic mass is 10.0. The largest absolute Gasteiger partial charge is 0.497 e. The van der Waals surface area contributed by atoms with Crippen LogP contribution in [0.4, 0.5) is 5.95 Å². The highest BCUT2D eigenvalue weighted by Crippen LogP contribution is 2.40. The summed E-state index contributed by atoms with van der Waals surface area (Å²) in [5, 5.41) is 19.4. The monoisotopic (exact) mass is 716 g/mol. The number of aromatic nitrogens is 7. The van der Waals surface area contributed by atoms with Gasteiger partial charge in [0.2, 0.25) is 21.8 Å². The molecule has 1 fully saturated rings. The second kappa shape index (κ2) is 13.1. The second-order valence-corrected chi connectivity index (χ2v) is 15.4. The Balaban J connectivity index is 1.41. The average molecular weight is 717 g/mol. The van der Waals surface area contributed by atoms with Crippen LogP contribution in [-0.2, 0) is 33.0 Å². The number of hydrogen-bond donors (Lipinski definition) is 3. The molecule has 0 unspecified atom stereocenters. The van der Waals surface area contributed by atoms with E-state index < -0.39 is 30.0 Å². The summed E-state index contributed by atoms with van der Waals surface area (Å²) in [4.78, 5) is 4.61. The molecule has 0 aliphatic carbocycles. The molecule has 4 N–H and O–H groups in total. The van der Waals surface area contributed by atoms with Gasteiger partial charge in [-0.25, -0.2) is 26.1 Å². The van der Waals surface area contributed by atoms with Crippen LogP contribution >= 0.6 is 0 Å². The minimum absolute atomic E-state index is 0.0472. The molecule has 4 heterocycles. The molecule has 1 saturated heterocycles. The van der Waals surface area contributed by atoms with Crippen LogP contribution in [0.2, 0.25) is 0 Å².